The molecule has 25 heavy (non-hydrogen) atoms. The summed E-state index contributed by atoms with van der Waals surface area (Å²) in [6.07, 6.45) is 5.36. The average Bonchev–Trinajstić information content (AvgIpc) is 2.93. The van der Waals surface area contributed by atoms with Gasteiger partial charge in [-0.25, -0.2) is 24.8 Å². The molecule has 0 amide bonds. The first kappa shape index (κ1) is 14.8. The summed E-state index contributed by atoms with van der Waals surface area (Å²) in [6.45, 7) is 1.76. The third kappa shape index (κ3) is 2.96. The Bertz CT molecular complexity index is 964. The number of fused-ring (bicyclic) bond motifs is 1. The molecule has 1 atom stereocenters. The van der Waals surface area contributed by atoms with Crippen molar-refractivity contribution < 1.29 is 5.76 Å². The second kappa shape index (κ2) is 6.42. The molecule has 1 N–H and O–H groups in total. The van der Waals surface area contributed by atoms with E-state index < -0.39 is 6.02 Å². The van der Waals surface area contributed by atoms with Gasteiger partial charge in [0.2, 0.25) is 0 Å². The molecule has 2 aromatic heterocycles. The number of hydrogen-bond acceptors (Lipinski definition) is 6. The van der Waals surface area contributed by atoms with Crippen molar-refractivity contribution in [2.45, 2.75) is 18.1 Å². The molecule has 0 radical (unpaired) electrons. The lowest BCUT2D eigenvalue weighted by atomic mass is 10.1. The predicted octanol–water partition coefficient (Wildman–Crippen LogP) is 4.12. The minimum Gasteiger partial charge on any atom is -0.259 e. The Kier molecular flexibility index (Phi) is 3.80. The minimum atomic E-state index is -1.07. The van der Waals surface area contributed by atoms with Gasteiger partial charge in [0.15, 0.2) is 11.0 Å². The van der Waals surface area contributed by atoms with Crippen molar-refractivity contribution in [1.29, 1.82) is 0 Å². The molecular formula is C18H16FN5S. The Hall–Kier alpha value is -2.51. The van der Waals surface area contributed by atoms with E-state index in [4.69, 9.17) is 1.37 Å². The number of hydrazine groups is 1. The first-order valence-corrected chi connectivity index (χ1v) is 8.92. The molecule has 0 saturated heterocycles. The molecule has 5 nitrogen and oxygen atoms in total. The van der Waals surface area contributed by atoms with Gasteiger partial charge >= 0.3 is 0 Å². The zero-order chi connectivity index (χ0) is 18.3. The summed E-state index contributed by atoms with van der Waals surface area (Å²) < 4.78 is 21.8. The zero-order valence-electron chi connectivity index (χ0n) is 14.7. The fraction of sp³-hybridized carbons (Fsp3) is 0.167. The van der Waals surface area contributed by atoms with Gasteiger partial charge in [-0.1, -0.05) is 11.8 Å². The van der Waals surface area contributed by atoms with Crippen molar-refractivity contribution in [1.82, 2.24) is 20.4 Å². The van der Waals surface area contributed by atoms with E-state index in [1.165, 1.54) is 23.9 Å². The van der Waals surface area contributed by atoms with Gasteiger partial charge in [0.05, 0.1) is 18.8 Å². The zero-order valence-corrected chi connectivity index (χ0v) is 14.5. The molecule has 3 aromatic rings. The molecular weight excluding hydrogens is 337 g/mol. The Morgan fingerprint density at radius 2 is 2.04 bits per heavy atom. The van der Waals surface area contributed by atoms with Gasteiger partial charge in [-0.3, -0.25) is 5.01 Å². The molecule has 0 spiro atoms. The number of aromatic nitrogens is 3. The fourth-order valence-corrected chi connectivity index (χ4v) is 3.07. The van der Waals surface area contributed by atoms with Crippen LogP contribution in [0.25, 0.3) is 11.3 Å². The van der Waals surface area contributed by atoms with Gasteiger partial charge in [0.1, 0.15) is 5.82 Å². The van der Waals surface area contributed by atoms with Gasteiger partial charge in [-0.05, 0) is 49.6 Å². The van der Waals surface area contributed by atoms with Crippen molar-refractivity contribution >= 4 is 23.3 Å². The quantitative estimate of drug-likeness (QED) is 0.564. The molecule has 126 valence electrons. The van der Waals surface area contributed by atoms with E-state index in [0.29, 0.717) is 11.0 Å². The van der Waals surface area contributed by atoms with Crippen LogP contribution >= 0.6 is 11.8 Å². The van der Waals surface area contributed by atoms with E-state index in [-0.39, 0.29) is 5.82 Å². The number of nitrogens with one attached hydrogen (secondary N) is 1. The molecule has 4 rings (SSSR count). The highest BCUT2D eigenvalue weighted by atomic mass is 32.2. The van der Waals surface area contributed by atoms with Crippen LogP contribution < -0.4 is 10.4 Å². The van der Waals surface area contributed by atoms with E-state index in [1.54, 1.807) is 36.5 Å². The van der Waals surface area contributed by atoms with Crippen LogP contribution in [0, 0.1) is 5.82 Å². The van der Waals surface area contributed by atoms with Crippen LogP contribution in [0.15, 0.2) is 53.9 Å². The second-order valence-corrected chi connectivity index (χ2v) is 6.35. The fourth-order valence-electron chi connectivity index (χ4n) is 2.71. The summed E-state index contributed by atoms with van der Waals surface area (Å²) in [5.41, 5.74) is 6.14. The van der Waals surface area contributed by atoms with Crippen molar-refractivity contribution in [3.05, 3.63) is 60.2 Å². The Labute approximate surface area is 150 Å². The second-order valence-electron chi connectivity index (χ2n) is 5.57. The number of anilines is 2. The van der Waals surface area contributed by atoms with E-state index in [0.717, 1.165) is 22.5 Å². The summed E-state index contributed by atoms with van der Waals surface area (Å²) in [4.78, 5) is 13.2. The molecule has 0 bridgehead atoms. The summed E-state index contributed by atoms with van der Waals surface area (Å²) in [5.74, 6) is 0.315. The van der Waals surface area contributed by atoms with Crippen LogP contribution in [-0.4, -0.2) is 21.2 Å². The SMILES string of the molecule is [2H]C1(C)NN(c2ccc(F)cc2)c2ncc(-c3ccnc(SC)n3)cc21. The van der Waals surface area contributed by atoms with Crippen LogP contribution in [0.4, 0.5) is 15.9 Å². The standard InChI is InChI=1S/C18H16FN5S/c1-11-15-9-12(16-7-8-20-18(22-16)25-2)10-21-17(15)24(23-11)14-5-3-13(19)4-6-14/h3-11,23H,1-2H3/i11D. The summed E-state index contributed by atoms with van der Waals surface area (Å²) >= 11 is 1.47. The minimum absolute atomic E-state index is 0.307. The highest BCUT2D eigenvalue weighted by Crippen LogP contribution is 2.37. The van der Waals surface area contributed by atoms with Crippen molar-refractivity contribution in [3.63, 3.8) is 0 Å². The number of nitrogens with zero attached hydrogens (tertiary/aromatic N) is 4. The van der Waals surface area contributed by atoms with Gasteiger partial charge in [-0.2, -0.15) is 0 Å². The summed E-state index contributed by atoms with van der Waals surface area (Å²) in [7, 11) is 0. The highest BCUT2D eigenvalue weighted by molar-refractivity contribution is 7.98. The van der Waals surface area contributed by atoms with E-state index >= 15 is 0 Å². The van der Waals surface area contributed by atoms with Crippen LogP contribution in [-0.2, 0) is 0 Å². The lowest BCUT2D eigenvalue weighted by Crippen LogP contribution is -2.29. The maximum absolute atomic E-state index is 13.2. The Balaban J connectivity index is 1.78. The molecule has 0 saturated carbocycles. The maximum atomic E-state index is 13.2. The third-order valence-corrected chi connectivity index (χ3v) is 4.52. The molecule has 3 heterocycles. The van der Waals surface area contributed by atoms with Gasteiger partial charge in [-0.15, -0.1) is 0 Å². The number of halogens is 1. The number of benzene rings is 1. The number of rotatable bonds is 3. The highest BCUT2D eigenvalue weighted by Gasteiger charge is 2.28. The predicted molar refractivity (Wildman–Crippen MR) is 97.1 cm³/mol. The van der Waals surface area contributed by atoms with Gasteiger partial charge in [0, 0.05) is 23.5 Å². The molecule has 0 fully saturated rings. The van der Waals surface area contributed by atoms with E-state index in [2.05, 4.69) is 20.4 Å². The van der Waals surface area contributed by atoms with Crippen LogP contribution in [0.5, 0.6) is 0 Å². The molecule has 1 aliphatic heterocycles. The normalized spacial score (nSPS) is 19.6. The first-order valence-electron chi connectivity index (χ1n) is 8.19. The lowest BCUT2D eigenvalue weighted by molar-refractivity contribution is 0.622. The van der Waals surface area contributed by atoms with Gasteiger partial charge in [0.25, 0.3) is 0 Å². The number of pyridine rings is 1. The molecule has 7 heteroatoms. The third-order valence-electron chi connectivity index (χ3n) is 3.96. The van der Waals surface area contributed by atoms with E-state index in [9.17, 15) is 4.39 Å². The summed E-state index contributed by atoms with van der Waals surface area (Å²) in [5, 5.41) is 2.39. The van der Waals surface area contributed by atoms with Crippen LogP contribution in [0.1, 0.15) is 19.9 Å². The topological polar surface area (TPSA) is 53.9 Å². The number of hydrogen-bond donors (Lipinski definition) is 1. The van der Waals surface area contributed by atoms with E-state index in [1.807, 2.05) is 18.4 Å². The number of thioether (sulfide) groups is 1. The first-order chi connectivity index (χ1) is 12.5. The van der Waals surface area contributed by atoms with Crippen molar-refractivity contribution in [2.75, 3.05) is 11.3 Å². The average molecular weight is 354 g/mol. The molecule has 1 unspecified atom stereocenters. The maximum Gasteiger partial charge on any atom is 0.187 e. The smallest absolute Gasteiger partial charge is 0.187 e. The monoisotopic (exact) mass is 354 g/mol. The summed E-state index contributed by atoms with van der Waals surface area (Å²) in [6, 6.07) is 8.74. The van der Waals surface area contributed by atoms with Crippen LogP contribution in [0.3, 0.4) is 0 Å². The van der Waals surface area contributed by atoms with Crippen molar-refractivity contribution in [2.24, 2.45) is 0 Å². The largest absolute Gasteiger partial charge is 0.259 e. The van der Waals surface area contributed by atoms with Gasteiger partial charge < -0.3 is 0 Å². The molecule has 1 aromatic carbocycles. The van der Waals surface area contributed by atoms with Crippen LogP contribution in [0.2, 0.25) is 0 Å². The molecule has 0 aliphatic carbocycles. The Morgan fingerprint density at radius 1 is 1.24 bits per heavy atom. The Morgan fingerprint density at radius 3 is 2.80 bits per heavy atom. The lowest BCUT2D eigenvalue weighted by Gasteiger charge is -2.19. The molecule has 1 aliphatic rings. The van der Waals surface area contributed by atoms with Crippen molar-refractivity contribution in [3.8, 4) is 11.3 Å².